The van der Waals surface area contributed by atoms with Crippen molar-refractivity contribution in [3.05, 3.63) is 30.3 Å². The second kappa shape index (κ2) is 5.90. The highest BCUT2D eigenvalue weighted by Crippen LogP contribution is 2.28. The highest BCUT2D eigenvalue weighted by atomic mass is 32.2. The Kier molecular flexibility index (Phi) is 4.34. The van der Waals surface area contributed by atoms with E-state index in [-0.39, 0.29) is 4.90 Å². The molecule has 118 valence electrons. The van der Waals surface area contributed by atoms with Crippen molar-refractivity contribution in [2.75, 3.05) is 38.0 Å². The Morgan fingerprint density at radius 2 is 1.64 bits per heavy atom. The van der Waals surface area contributed by atoms with E-state index in [2.05, 4.69) is 9.97 Å². The molecule has 1 heterocycles. The fraction of sp³-hybridized carbons (Fsp3) is 0.286. The molecule has 1 aromatic carbocycles. The van der Waals surface area contributed by atoms with Crippen LogP contribution in [-0.2, 0) is 10.0 Å². The number of nitrogens with zero attached hydrogens (tertiary/aromatic N) is 4. The summed E-state index contributed by atoms with van der Waals surface area (Å²) in [6, 6.07) is 8.26. The van der Waals surface area contributed by atoms with E-state index in [1.807, 2.05) is 33.1 Å². The molecule has 7 nitrogen and oxygen atoms in total. The lowest BCUT2D eigenvalue weighted by Gasteiger charge is -2.18. The van der Waals surface area contributed by atoms with Gasteiger partial charge >= 0.3 is 0 Å². The van der Waals surface area contributed by atoms with Gasteiger partial charge in [-0.1, -0.05) is 18.2 Å². The Balaban J connectivity index is 2.73. The fourth-order valence-corrected chi connectivity index (χ4v) is 2.66. The topological polar surface area (TPSA) is 92.4 Å². The molecule has 2 N–H and O–H groups in total. The van der Waals surface area contributed by atoms with E-state index < -0.39 is 10.0 Å². The van der Waals surface area contributed by atoms with Gasteiger partial charge in [0.05, 0.1) is 10.6 Å². The maximum absolute atomic E-state index is 11.8. The highest BCUT2D eigenvalue weighted by Gasteiger charge is 2.17. The van der Waals surface area contributed by atoms with E-state index in [1.165, 1.54) is 6.07 Å². The third kappa shape index (κ3) is 3.34. The molecule has 0 aliphatic heterocycles. The quantitative estimate of drug-likeness (QED) is 0.900. The zero-order chi connectivity index (χ0) is 16.5. The first kappa shape index (κ1) is 16.2. The van der Waals surface area contributed by atoms with E-state index in [0.717, 1.165) is 0 Å². The van der Waals surface area contributed by atoms with Gasteiger partial charge in [0.1, 0.15) is 5.82 Å². The number of hydrogen-bond donors (Lipinski definition) is 1. The molecule has 0 amide bonds. The summed E-state index contributed by atoms with van der Waals surface area (Å²) in [4.78, 5) is 12.5. The maximum atomic E-state index is 11.8. The normalized spacial score (nSPS) is 11.3. The summed E-state index contributed by atoms with van der Waals surface area (Å²) in [5.41, 5.74) is 0.964. The van der Waals surface area contributed by atoms with E-state index in [4.69, 9.17) is 5.14 Å². The standard InChI is InChI=1S/C14H19N5O2S/c1-18(2)13-9-11(16-14(17-13)19(3)4)10-7-5-6-8-12(10)22(15,20)21/h5-9H,1-4H3,(H2,15,20,21). The molecule has 0 atom stereocenters. The Bertz CT molecular complexity index is 761. The molecule has 22 heavy (non-hydrogen) atoms. The molecule has 0 aliphatic rings. The minimum absolute atomic E-state index is 0.0445. The van der Waals surface area contributed by atoms with Gasteiger partial charge in [0, 0.05) is 39.8 Å². The van der Waals surface area contributed by atoms with Gasteiger partial charge in [-0.25, -0.2) is 18.5 Å². The molecular formula is C14H19N5O2S. The van der Waals surface area contributed by atoms with E-state index in [0.29, 0.717) is 23.0 Å². The highest BCUT2D eigenvalue weighted by molar-refractivity contribution is 7.89. The van der Waals surface area contributed by atoms with Crippen molar-refractivity contribution in [3.8, 4) is 11.3 Å². The maximum Gasteiger partial charge on any atom is 0.238 e. The SMILES string of the molecule is CN(C)c1cc(-c2ccccc2S(N)(=O)=O)nc(N(C)C)n1. The summed E-state index contributed by atoms with van der Waals surface area (Å²) in [7, 11) is 3.53. The molecule has 2 rings (SSSR count). The summed E-state index contributed by atoms with van der Waals surface area (Å²) in [5, 5.41) is 5.30. The Labute approximate surface area is 130 Å². The van der Waals surface area contributed by atoms with Crippen molar-refractivity contribution >= 4 is 21.8 Å². The van der Waals surface area contributed by atoms with Gasteiger partial charge in [-0.15, -0.1) is 0 Å². The van der Waals surface area contributed by atoms with Crippen LogP contribution in [0.3, 0.4) is 0 Å². The minimum Gasteiger partial charge on any atom is -0.363 e. The second-order valence-electron chi connectivity index (χ2n) is 5.24. The van der Waals surface area contributed by atoms with Crippen molar-refractivity contribution in [2.24, 2.45) is 5.14 Å². The molecule has 2 aromatic rings. The lowest BCUT2D eigenvalue weighted by molar-refractivity contribution is 0.598. The van der Waals surface area contributed by atoms with Crippen molar-refractivity contribution in [1.82, 2.24) is 9.97 Å². The number of aromatic nitrogens is 2. The predicted octanol–water partition coefficient (Wildman–Crippen LogP) is 0.923. The molecule has 0 saturated heterocycles. The summed E-state index contributed by atoms with van der Waals surface area (Å²) < 4.78 is 23.6. The first-order valence-electron chi connectivity index (χ1n) is 6.56. The molecule has 0 unspecified atom stereocenters. The molecule has 0 aliphatic carbocycles. The Morgan fingerprint density at radius 1 is 1.00 bits per heavy atom. The number of hydrogen-bond acceptors (Lipinski definition) is 6. The third-order valence-corrected chi connectivity index (χ3v) is 4.00. The zero-order valence-electron chi connectivity index (χ0n) is 13.0. The van der Waals surface area contributed by atoms with E-state index in [9.17, 15) is 8.42 Å². The van der Waals surface area contributed by atoms with Gasteiger partial charge in [-0.3, -0.25) is 0 Å². The first-order valence-corrected chi connectivity index (χ1v) is 8.10. The molecule has 0 spiro atoms. The van der Waals surface area contributed by atoms with Crippen molar-refractivity contribution < 1.29 is 8.42 Å². The molecular weight excluding hydrogens is 302 g/mol. The minimum atomic E-state index is -3.84. The van der Waals surface area contributed by atoms with Gasteiger partial charge in [-0.05, 0) is 6.07 Å². The summed E-state index contributed by atoms with van der Waals surface area (Å²) in [5.74, 6) is 1.17. The average Bonchev–Trinajstić information content (AvgIpc) is 2.45. The largest absolute Gasteiger partial charge is 0.363 e. The van der Waals surface area contributed by atoms with Crippen LogP contribution in [0.1, 0.15) is 0 Å². The monoisotopic (exact) mass is 321 g/mol. The van der Waals surface area contributed by atoms with Gasteiger partial charge in [0.25, 0.3) is 0 Å². The smallest absolute Gasteiger partial charge is 0.238 e. The first-order chi connectivity index (χ1) is 10.2. The van der Waals surface area contributed by atoms with Gasteiger partial charge in [0.15, 0.2) is 0 Å². The van der Waals surface area contributed by atoms with Crippen LogP contribution in [0, 0.1) is 0 Å². The average molecular weight is 321 g/mol. The van der Waals surface area contributed by atoms with E-state index >= 15 is 0 Å². The van der Waals surface area contributed by atoms with Crippen LogP contribution in [0.4, 0.5) is 11.8 Å². The zero-order valence-corrected chi connectivity index (χ0v) is 13.8. The molecule has 8 heteroatoms. The molecule has 0 bridgehead atoms. The lowest BCUT2D eigenvalue weighted by atomic mass is 10.1. The number of anilines is 2. The van der Waals surface area contributed by atoms with Crippen LogP contribution < -0.4 is 14.9 Å². The predicted molar refractivity (Wildman–Crippen MR) is 87.5 cm³/mol. The number of primary sulfonamides is 1. The molecule has 0 radical (unpaired) electrons. The summed E-state index contributed by atoms with van der Waals surface area (Å²) in [6.45, 7) is 0. The van der Waals surface area contributed by atoms with Crippen molar-refractivity contribution in [3.63, 3.8) is 0 Å². The van der Waals surface area contributed by atoms with Crippen molar-refractivity contribution in [2.45, 2.75) is 4.90 Å². The van der Waals surface area contributed by atoms with Crippen LogP contribution >= 0.6 is 0 Å². The van der Waals surface area contributed by atoms with Crippen LogP contribution in [0.5, 0.6) is 0 Å². The van der Waals surface area contributed by atoms with Crippen LogP contribution in [0.15, 0.2) is 35.2 Å². The third-order valence-electron chi connectivity index (χ3n) is 3.03. The van der Waals surface area contributed by atoms with Crippen molar-refractivity contribution in [1.29, 1.82) is 0 Å². The van der Waals surface area contributed by atoms with Crippen LogP contribution in [0.2, 0.25) is 0 Å². The summed E-state index contributed by atoms with van der Waals surface area (Å²) >= 11 is 0. The summed E-state index contributed by atoms with van der Waals surface area (Å²) in [6.07, 6.45) is 0. The number of rotatable bonds is 4. The van der Waals surface area contributed by atoms with E-state index in [1.54, 1.807) is 29.2 Å². The van der Waals surface area contributed by atoms with Gasteiger partial charge < -0.3 is 9.80 Å². The number of benzene rings is 1. The van der Waals surface area contributed by atoms with Gasteiger partial charge in [0.2, 0.25) is 16.0 Å². The lowest BCUT2D eigenvalue weighted by Crippen LogP contribution is -2.18. The van der Waals surface area contributed by atoms with Crippen LogP contribution in [0.25, 0.3) is 11.3 Å². The Hall–Kier alpha value is -2.19. The number of sulfonamides is 1. The van der Waals surface area contributed by atoms with Gasteiger partial charge in [-0.2, -0.15) is 4.98 Å². The molecule has 1 aromatic heterocycles. The molecule has 0 fully saturated rings. The fourth-order valence-electron chi connectivity index (χ4n) is 1.92. The number of nitrogens with two attached hydrogens (primary N) is 1. The molecule has 0 saturated carbocycles. The second-order valence-corrected chi connectivity index (χ2v) is 6.77. The van der Waals surface area contributed by atoms with Crippen LogP contribution in [-0.4, -0.2) is 46.6 Å². The Morgan fingerprint density at radius 3 is 2.18 bits per heavy atom.